The van der Waals surface area contributed by atoms with Gasteiger partial charge in [0.05, 0.1) is 19.0 Å². The number of carbonyl (C=O) groups excluding carboxylic acids is 1. The van der Waals surface area contributed by atoms with Crippen molar-refractivity contribution >= 4 is 17.7 Å². The van der Waals surface area contributed by atoms with Gasteiger partial charge in [-0.3, -0.25) is 4.79 Å². The summed E-state index contributed by atoms with van der Waals surface area (Å²) in [6, 6.07) is 15.9. The van der Waals surface area contributed by atoms with Crippen molar-refractivity contribution in [2.75, 3.05) is 20.3 Å². The summed E-state index contributed by atoms with van der Waals surface area (Å²) in [5, 5.41) is 2.91. The van der Waals surface area contributed by atoms with E-state index in [0.717, 1.165) is 22.8 Å². The molecule has 2 aromatic rings. The largest absolute Gasteiger partial charge is 0.497 e. The monoisotopic (exact) mass is 357 g/mol. The normalized spacial score (nSPS) is 17.1. The van der Waals surface area contributed by atoms with Crippen LogP contribution in [0.1, 0.15) is 12.5 Å². The van der Waals surface area contributed by atoms with Gasteiger partial charge >= 0.3 is 0 Å². The molecule has 0 fully saturated rings. The molecule has 1 aliphatic rings. The number of para-hydroxylation sites is 1. The lowest BCUT2D eigenvalue weighted by Gasteiger charge is -2.25. The number of thioether (sulfide) groups is 1. The number of amides is 1. The highest BCUT2D eigenvalue weighted by atomic mass is 32.2. The Kier molecular flexibility index (Phi) is 5.87. The number of fused-ring (bicyclic) bond motifs is 1. The van der Waals surface area contributed by atoms with Crippen molar-refractivity contribution in [2.45, 2.75) is 23.5 Å². The highest BCUT2D eigenvalue weighted by Crippen LogP contribution is 2.27. The first-order valence-electron chi connectivity index (χ1n) is 8.45. The quantitative estimate of drug-likeness (QED) is 0.804. The van der Waals surface area contributed by atoms with E-state index in [1.165, 1.54) is 5.56 Å². The highest BCUT2D eigenvalue weighted by Gasteiger charge is 2.21. The maximum absolute atomic E-state index is 12.4. The van der Waals surface area contributed by atoms with E-state index in [1.54, 1.807) is 18.9 Å². The van der Waals surface area contributed by atoms with E-state index < -0.39 is 0 Å². The summed E-state index contributed by atoms with van der Waals surface area (Å²) >= 11 is 1.55. The van der Waals surface area contributed by atoms with Crippen molar-refractivity contribution in [2.24, 2.45) is 5.92 Å². The molecule has 0 spiro atoms. The molecule has 0 saturated carbocycles. The van der Waals surface area contributed by atoms with Gasteiger partial charge in [-0.1, -0.05) is 18.2 Å². The average molecular weight is 357 g/mol. The number of hydrogen-bond acceptors (Lipinski definition) is 4. The van der Waals surface area contributed by atoms with E-state index in [1.807, 2.05) is 49.4 Å². The molecule has 1 N–H and O–H groups in total. The zero-order valence-corrected chi connectivity index (χ0v) is 15.3. The van der Waals surface area contributed by atoms with Crippen molar-refractivity contribution in [1.29, 1.82) is 0 Å². The van der Waals surface area contributed by atoms with Crippen LogP contribution in [-0.2, 0) is 11.2 Å². The molecule has 0 radical (unpaired) electrons. The van der Waals surface area contributed by atoms with Gasteiger partial charge in [-0.15, -0.1) is 11.8 Å². The summed E-state index contributed by atoms with van der Waals surface area (Å²) in [7, 11) is 1.64. The van der Waals surface area contributed by atoms with Gasteiger partial charge in [0.25, 0.3) is 0 Å². The minimum Gasteiger partial charge on any atom is -0.497 e. The summed E-state index contributed by atoms with van der Waals surface area (Å²) < 4.78 is 10.9. The van der Waals surface area contributed by atoms with Crippen LogP contribution in [0.2, 0.25) is 0 Å². The molecule has 25 heavy (non-hydrogen) atoms. The number of benzene rings is 2. The molecule has 0 aromatic heterocycles. The Morgan fingerprint density at radius 1 is 1.28 bits per heavy atom. The lowest BCUT2D eigenvalue weighted by molar-refractivity contribution is -0.120. The van der Waals surface area contributed by atoms with Crippen molar-refractivity contribution < 1.29 is 14.3 Å². The average Bonchev–Trinajstić information content (AvgIpc) is 2.66. The van der Waals surface area contributed by atoms with E-state index in [9.17, 15) is 4.79 Å². The Balaban J connectivity index is 1.47. The molecule has 0 bridgehead atoms. The predicted molar refractivity (Wildman–Crippen MR) is 100 cm³/mol. The third-order valence-electron chi connectivity index (χ3n) is 4.26. The Labute approximate surface area is 152 Å². The van der Waals surface area contributed by atoms with Crippen molar-refractivity contribution in [3.05, 3.63) is 54.1 Å². The van der Waals surface area contributed by atoms with Crippen LogP contribution in [0.4, 0.5) is 0 Å². The van der Waals surface area contributed by atoms with Crippen LogP contribution in [0.5, 0.6) is 11.5 Å². The van der Waals surface area contributed by atoms with Gasteiger partial charge in [-0.05, 0) is 49.2 Å². The molecule has 2 unspecified atom stereocenters. The molecular formula is C20H23NO3S. The van der Waals surface area contributed by atoms with Crippen LogP contribution in [0.15, 0.2) is 53.4 Å². The topological polar surface area (TPSA) is 47.6 Å². The predicted octanol–water partition coefficient (Wildman–Crippen LogP) is 3.54. The fraction of sp³-hybridized carbons (Fsp3) is 0.350. The molecule has 4 nitrogen and oxygen atoms in total. The molecule has 1 amide bonds. The first-order valence-corrected chi connectivity index (χ1v) is 9.33. The van der Waals surface area contributed by atoms with Gasteiger partial charge in [-0.25, -0.2) is 0 Å². The van der Waals surface area contributed by atoms with Gasteiger partial charge in [0.2, 0.25) is 5.91 Å². The molecule has 2 atom stereocenters. The summed E-state index contributed by atoms with van der Waals surface area (Å²) in [5.41, 5.74) is 1.22. The zero-order valence-electron chi connectivity index (χ0n) is 14.5. The SMILES string of the molecule is COc1ccc(SC(C)C(=O)NCC2COc3ccccc3C2)cc1. The first-order chi connectivity index (χ1) is 12.2. The van der Waals surface area contributed by atoms with Crippen LogP contribution >= 0.6 is 11.8 Å². The van der Waals surface area contributed by atoms with Crippen molar-refractivity contribution in [3.8, 4) is 11.5 Å². The molecule has 5 heteroatoms. The van der Waals surface area contributed by atoms with Crippen molar-refractivity contribution in [1.82, 2.24) is 5.32 Å². The second-order valence-electron chi connectivity index (χ2n) is 6.17. The van der Waals surface area contributed by atoms with Crippen LogP contribution in [-0.4, -0.2) is 31.4 Å². The Morgan fingerprint density at radius 2 is 2.04 bits per heavy atom. The second kappa shape index (κ2) is 8.30. The molecule has 2 aromatic carbocycles. The third-order valence-corrected chi connectivity index (χ3v) is 5.37. The van der Waals surface area contributed by atoms with E-state index >= 15 is 0 Å². The number of ether oxygens (including phenoxy) is 2. The summed E-state index contributed by atoms with van der Waals surface area (Å²) in [4.78, 5) is 13.4. The van der Waals surface area contributed by atoms with E-state index in [-0.39, 0.29) is 11.2 Å². The second-order valence-corrected chi connectivity index (χ2v) is 7.58. The lowest BCUT2D eigenvalue weighted by Crippen LogP contribution is -2.38. The van der Waals surface area contributed by atoms with Gasteiger partial charge in [0, 0.05) is 17.4 Å². The standard InChI is InChI=1S/C20H23NO3S/c1-14(25-18-9-7-17(23-2)8-10-18)20(22)21-12-15-11-16-5-3-4-6-19(16)24-13-15/h3-10,14-15H,11-13H2,1-2H3,(H,21,22). The summed E-state index contributed by atoms with van der Waals surface area (Å²) in [6.45, 7) is 3.22. The minimum atomic E-state index is -0.148. The minimum absolute atomic E-state index is 0.0553. The van der Waals surface area contributed by atoms with Gasteiger partial charge < -0.3 is 14.8 Å². The number of methoxy groups -OCH3 is 1. The third kappa shape index (κ3) is 4.69. The highest BCUT2D eigenvalue weighted by molar-refractivity contribution is 8.00. The number of rotatable bonds is 6. The number of carbonyl (C=O) groups is 1. The van der Waals surface area contributed by atoms with Gasteiger partial charge in [0.1, 0.15) is 11.5 Å². The molecule has 3 rings (SSSR count). The Morgan fingerprint density at radius 3 is 2.80 bits per heavy atom. The fourth-order valence-corrected chi connectivity index (χ4v) is 3.71. The van der Waals surface area contributed by atoms with Crippen LogP contribution in [0.25, 0.3) is 0 Å². The Bertz CT molecular complexity index is 717. The molecule has 0 aliphatic carbocycles. The molecule has 132 valence electrons. The van der Waals surface area contributed by atoms with Crippen LogP contribution < -0.4 is 14.8 Å². The van der Waals surface area contributed by atoms with E-state index in [0.29, 0.717) is 19.1 Å². The van der Waals surface area contributed by atoms with Crippen LogP contribution in [0.3, 0.4) is 0 Å². The van der Waals surface area contributed by atoms with Crippen LogP contribution in [0, 0.1) is 5.92 Å². The smallest absolute Gasteiger partial charge is 0.233 e. The molecule has 1 aliphatic heterocycles. The van der Waals surface area contributed by atoms with Crippen molar-refractivity contribution in [3.63, 3.8) is 0 Å². The van der Waals surface area contributed by atoms with E-state index in [2.05, 4.69) is 11.4 Å². The van der Waals surface area contributed by atoms with E-state index in [4.69, 9.17) is 9.47 Å². The number of hydrogen-bond donors (Lipinski definition) is 1. The Hall–Kier alpha value is -2.14. The maximum atomic E-state index is 12.4. The van der Waals surface area contributed by atoms with Gasteiger partial charge in [0.15, 0.2) is 0 Å². The zero-order chi connectivity index (χ0) is 17.6. The maximum Gasteiger partial charge on any atom is 0.233 e. The molecular weight excluding hydrogens is 334 g/mol. The number of nitrogens with one attached hydrogen (secondary N) is 1. The molecule has 1 heterocycles. The lowest BCUT2D eigenvalue weighted by atomic mass is 9.97. The fourth-order valence-electron chi connectivity index (χ4n) is 2.82. The first kappa shape index (κ1) is 17.7. The summed E-state index contributed by atoms with van der Waals surface area (Å²) in [6.07, 6.45) is 0.941. The summed E-state index contributed by atoms with van der Waals surface area (Å²) in [5.74, 6) is 2.16. The molecule has 0 saturated heterocycles. The van der Waals surface area contributed by atoms with Gasteiger partial charge in [-0.2, -0.15) is 0 Å².